The third kappa shape index (κ3) is 4.66. The first-order valence-electron chi connectivity index (χ1n) is 11.8. The van der Waals surface area contributed by atoms with Crippen LogP contribution in [0.1, 0.15) is 37.7 Å². The predicted octanol–water partition coefficient (Wildman–Crippen LogP) is 2.46. The lowest BCUT2D eigenvalue weighted by Crippen LogP contribution is -2.51. The fourth-order valence-electron chi connectivity index (χ4n) is 5.40. The van der Waals surface area contributed by atoms with E-state index in [1.54, 1.807) is 6.33 Å². The quantitative estimate of drug-likeness (QED) is 0.725. The molecule has 7 nitrogen and oxygen atoms in total. The van der Waals surface area contributed by atoms with E-state index in [1.807, 2.05) is 10.7 Å². The number of anilines is 1. The highest BCUT2D eigenvalue weighted by atomic mass is 16.5. The Morgan fingerprint density at radius 3 is 2.71 bits per heavy atom. The van der Waals surface area contributed by atoms with Crippen LogP contribution in [0.4, 0.5) is 5.82 Å². The Bertz CT molecular complexity index is 899. The average molecular weight is 420 g/mol. The molecule has 1 aliphatic carbocycles. The fraction of sp³-hybridized carbons (Fsp3) is 0.652. The SMILES string of the molecule is [B]CCN1CCN(C2CCC(Nc3ncnn4ccc(C5=CCOCC5)c34)CC2)CC1. The molecular weight excluding hydrogens is 387 g/mol. The van der Waals surface area contributed by atoms with Gasteiger partial charge in [0.2, 0.25) is 0 Å². The number of nitrogens with zero attached hydrogens (tertiary/aromatic N) is 5. The Morgan fingerprint density at radius 2 is 1.97 bits per heavy atom. The van der Waals surface area contributed by atoms with Crippen LogP contribution in [0.25, 0.3) is 11.1 Å². The predicted molar refractivity (Wildman–Crippen MR) is 125 cm³/mol. The van der Waals surface area contributed by atoms with Crippen LogP contribution in [0.3, 0.4) is 0 Å². The lowest BCUT2D eigenvalue weighted by molar-refractivity contribution is 0.0801. The zero-order chi connectivity index (χ0) is 21.0. The van der Waals surface area contributed by atoms with Crippen LogP contribution < -0.4 is 5.32 Å². The zero-order valence-corrected chi connectivity index (χ0v) is 18.4. The van der Waals surface area contributed by atoms with E-state index in [9.17, 15) is 0 Å². The van der Waals surface area contributed by atoms with Crippen LogP contribution in [0, 0.1) is 0 Å². The molecule has 2 aromatic heterocycles. The van der Waals surface area contributed by atoms with Crippen molar-refractivity contribution < 1.29 is 4.74 Å². The average Bonchev–Trinajstić information content (AvgIpc) is 3.26. The summed E-state index contributed by atoms with van der Waals surface area (Å²) in [7, 11) is 5.71. The van der Waals surface area contributed by atoms with E-state index in [0.717, 1.165) is 56.4 Å². The molecule has 1 saturated carbocycles. The molecule has 2 fully saturated rings. The van der Waals surface area contributed by atoms with Gasteiger partial charge in [0.15, 0.2) is 5.82 Å². The van der Waals surface area contributed by atoms with Crippen molar-refractivity contribution in [3.63, 3.8) is 0 Å². The smallest absolute Gasteiger partial charge is 0.154 e. The van der Waals surface area contributed by atoms with Crippen molar-refractivity contribution in [2.24, 2.45) is 0 Å². The molecule has 3 aliphatic rings. The molecule has 5 rings (SSSR count). The highest BCUT2D eigenvalue weighted by Gasteiger charge is 2.28. The van der Waals surface area contributed by atoms with E-state index in [-0.39, 0.29) is 0 Å². The van der Waals surface area contributed by atoms with Crippen LogP contribution in [0.5, 0.6) is 0 Å². The maximum absolute atomic E-state index is 5.71. The van der Waals surface area contributed by atoms with Gasteiger partial charge in [-0.15, -0.1) is 0 Å². The van der Waals surface area contributed by atoms with Crippen molar-refractivity contribution in [1.82, 2.24) is 24.4 Å². The minimum absolute atomic E-state index is 0.472. The van der Waals surface area contributed by atoms with Crippen LogP contribution in [0.15, 0.2) is 24.7 Å². The van der Waals surface area contributed by atoms with Crippen LogP contribution in [0.2, 0.25) is 6.32 Å². The Balaban J connectivity index is 1.22. The summed E-state index contributed by atoms with van der Waals surface area (Å²) in [6, 6.07) is 3.35. The van der Waals surface area contributed by atoms with E-state index in [0.29, 0.717) is 12.6 Å². The summed E-state index contributed by atoms with van der Waals surface area (Å²) in [5.74, 6) is 0.959. The van der Waals surface area contributed by atoms with Gasteiger partial charge in [-0.3, -0.25) is 4.90 Å². The maximum atomic E-state index is 5.71. The summed E-state index contributed by atoms with van der Waals surface area (Å²) in [6.45, 7) is 7.18. The molecule has 0 spiro atoms. The van der Waals surface area contributed by atoms with Crippen molar-refractivity contribution in [3.05, 3.63) is 30.2 Å². The van der Waals surface area contributed by atoms with Gasteiger partial charge in [-0.05, 0) is 50.3 Å². The lowest BCUT2D eigenvalue weighted by Gasteiger charge is -2.42. The van der Waals surface area contributed by atoms with Gasteiger partial charge in [0.25, 0.3) is 0 Å². The molecule has 0 bridgehead atoms. The largest absolute Gasteiger partial charge is 0.377 e. The van der Waals surface area contributed by atoms with E-state index < -0.39 is 0 Å². The summed E-state index contributed by atoms with van der Waals surface area (Å²) >= 11 is 0. The molecule has 0 aromatic carbocycles. The monoisotopic (exact) mass is 420 g/mol. The van der Waals surface area contributed by atoms with Crippen molar-refractivity contribution in [1.29, 1.82) is 0 Å². The normalized spacial score (nSPS) is 26.1. The molecule has 2 aromatic rings. The Labute approximate surface area is 186 Å². The second-order valence-electron chi connectivity index (χ2n) is 9.00. The van der Waals surface area contributed by atoms with Gasteiger partial charge in [0, 0.05) is 50.0 Å². The summed E-state index contributed by atoms with van der Waals surface area (Å²) < 4.78 is 7.45. The molecule has 164 valence electrons. The summed E-state index contributed by atoms with van der Waals surface area (Å²) in [5, 5.41) is 8.20. The molecule has 1 saturated heterocycles. The van der Waals surface area contributed by atoms with Gasteiger partial charge in [-0.1, -0.05) is 12.4 Å². The van der Waals surface area contributed by atoms with Gasteiger partial charge in [0.1, 0.15) is 11.8 Å². The molecule has 31 heavy (non-hydrogen) atoms. The number of rotatable bonds is 6. The van der Waals surface area contributed by atoms with Gasteiger partial charge in [-0.25, -0.2) is 9.50 Å². The first-order valence-corrected chi connectivity index (χ1v) is 11.8. The number of hydrogen-bond acceptors (Lipinski definition) is 6. The van der Waals surface area contributed by atoms with Gasteiger partial charge in [0.05, 0.1) is 21.1 Å². The Kier molecular flexibility index (Phi) is 6.57. The number of fused-ring (bicyclic) bond motifs is 1. The standard InChI is InChI=1S/C23H33BN6O/c24-8-10-28-11-13-29(14-12-28)20-3-1-19(2-4-20)27-23-22-21(18-6-15-31-16-7-18)5-9-30(22)26-17-25-23/h5-6,9,17,19-20H,1-4,7-8,10-16H2,(H,25,26,27). The summed E-state index contributed by atoms with van der Waals surface area (Å²) in [4.78, 5) is 9.83. The van der Waals surface area contributed by atoms with Gasteiger partial charge < -0.3 is 15.0 Å². The molecule has 0 unspecified atom stereocenters. The molecule has 0 atom stereocenters. The number of hydrogen-bond donors (Lipinski definition) is 1. The number of piperazine rings is 1. The van der Waals surface area contributed by atoms with Crippen LogP contribution in [-0.4, -0.2) is 90.3 Å². The number of ether oxygens (including phenoxy) is 1. The molecule has 2 aliphatic heterocycles. The first kappa shape index (κ1) is 21.0. The maximum Gasteiger partial charge on any atom is 0.154 e. The van der Waals surface area contributed by atoms with Crippen molar-refractivity contribution in [2.75, 3.05) is 51.3 Å². The van der Waals surface area contributed by atoms with E-state index in [2.05, 4.69) is 37.3 Å². The summed E-state index contributed by atoms with van der Waals surface area (Å²) in [5.41, 5.74) is 3.66. The zero-order valence-electron chi connectivity index (χ0n) is 18.4. The highest BCUT2D eigenvalue weighted by molar-refractivity contribution is 6.08. The highest BCUT2D eigenvalue weighted by Crippen LogP contribution is 2.31. The Morgan fingerprint density at radius 1 is 1.13 bits per heavy atom. The van der Waals surface area contributed by atoms with Crippen molar-refractivity contribution >= 4 is 24.8 Å². The van der Waals surface area contributed by atoms with Crippen molar-refractivity contribution in [2.45, 2.75) is 50.5 Å². The van der Waals surface area contributed by atoms with Crippen LogP contribution in [-0.2, 0) is 4.74 Å². The second kappa shape index (κ2) is 9.71. The second-order valence-corrected chi connectivity index (χ2v) is 9.00. The third-order valence-electron chi connectivity index (χ3n) is 7.17. The number of aromatic nitrogens is 3. The van der Waals surface area contributed by atoms with Gasteiger partial charge >= 0.3 is 0 Å². The first-order chi connectivity index (χ1) is 15.3. The van der Waals surface area contributed by atoms with E-state index >= 15 is 0 Å². The molecule has 4 heterocycles. The lowest BCUT2D eigenvalue weighted by atomic mass is 9.89. The molecule has 1 N–H and O–H groups in total. The fourth-order valence-corrected chi connectivity index (χ4v) is 5.40. The van der Waals surface area contributed by atoms with Crippen LogP contribution >= 0.6 is 0 Å². The third-order valence-corrected chi connectivity index (χ3v) is 7.17. The van der Waals surface area contributed by atoms with E-state index in [4.69, 9.17) is 12.6 Å². The Hall–Kier alpha value is -1.90. The summed E-state index contributed by atoms with van der Waals surface area (Å²) in [6.07, 6.45) is 12.5. The minimum atomic E-state index is 0.472. The topological polar surface area (TPSA) is 57.9 Å². The van der Waals surface area contributed by atoms with Gasteiger partial charge in [-0.2, -0.15) is 5.10 Å². The molecule has 0 amide bonds. The minimum Gasteiger partial charge on any atom is -0.377 e. The molecule has 8 heteroatoms. The molecular formula is C23H33BN6O. The molecule has 2 radical (unpaired) electrons. The van der Waals surface area contributed by atoms with Crippen molar-refractivity contribution in [3.8, 4) is 0 Å². The van der Waals surface area contributed by atoms with E-state index in [1.165, 1.54) is 49.9 Å². The number of nitrogens with one attached hydrogen (secondary N) is 1.